The summed E-state index contributed by atoms with van der Waals surface area (Å²) in [6.45, 7) is 2.01. The summed E-state index contributed by atoms with van der Waals surface area (Å²) >= 11 is 0. The van der Waals surface area contributed by atoms with Gasteiger partial charge in [0.15, 0.2) is 5.65 Å². The van der Waals surface area contributed by atoms with Crippen LogP contribution in [0.25, 0.3) is 5.65 Å². The number of piperidine rings is 1. The maximum absolute atomic E-state index is 4.71. The summed E-state index contributed by atoms with van der Waals surface area (Å²) in [5, 5.41) is 4.71. The Morgan fingerprint density at radius 1 is 0.929 bits per heavy atom. The highest BCUT2D eigenvalue weighted by molar-refractivity contribution is 5.52. The van der Waals surface area contributed by atoms with Crippen LogP contribution in [0.2, 0.25) is 0 Å². The minimum absolute atomic E-state index is 0.519. The SMILES string of the molecule is CN(C)c1cc(N(C2CC2)C2CCN(c3ccc4nccn4n3)CC2)ncn1. The standard InChI is InChI=1S/C20H26N8/c1-25(2)19-13-20(23-14-22-19)28(15-3-4-15)16-7-10-26(11-8-16)18-6-5-17-21-9-12-27(17)24-18/h5-6,9,12-16H,3-4,7-8,10-11H2,1-2H3. The van der Waals surface area contributed by atoms with Crippen molar-refractivity contribution >= 4 is 23.1 Å². The van der Waals surface area contributed by atoms with Gasteiger partial charge in [-0.1, -0.05) is 0 Å². The molecule has 28 heavy (non-hydrogen) atoms. The van der Waals surface area contributed by atoms with E-state index in [-0.39, 0.29) is 0 Å². The molecule has 1 saturated carbocycles. The number of fused-ring (bicyclic) bond motifs is 1. The van der Waals surface area contributed by atoms with Gasteiger partial charge >= 0.3 is 0 Å². The Bertz CT molecular complexity index is 956. The van der Waals surface area contributed by atoms with Crippen LogP contribution in [-0.2, 0) is 0 Å². The topological polar surface area (TPSA) is 65.7 Å². The maximum atomic E-state index is 4.71. The average molecular weight is 378 g/mol. The van der Waals surface area contributed by atoms with Crippen LogP contribution in [0, 0.1) is 0 Å². The number of hydrogen-bond acceptors (Lipinski definition) is 7. The van der Waals surface area contributed by atoms with Crippen molar-refractivity contribution in [1.82, 2.24) is 24.6 Å². The average Bonchev–Trinajstić information content (AvgIpc) is 3.44. The van der Waals surface area contributed by atoms with Crippen molar-refractivity contribution in [2.75, 3.05) is 41.9 Å². The summed E-state index contributed by atoms with van der Waals surface area (Å²) in [6.07, 6.45) is 10.1. The second-order valence-corrected chi connectivity index (χ2v) is 7.91. The van der Waals surface area contributed by atoms with Gasteiger partial charge in [0.1, 0.15) is 23.8 Å². The summed E-state index contributed by atoms with van der Waals surface area (Å²) in [5.74, 6) is 3.06. The first-order valence-electron chi connectivity index (χ1n) is 10.0. The highest BCUT2D eigenvalue weighted by Gasteiger charge is 2.36. The van der Waals surface area contributed by atoms with Gasteiger partial charge in [-0.2, -0.15) is 0 Å². The number of rotatable bonds is 5. The fourth-order valence-electron chi connectivity index (χ4n) is 4.09. The Hall–Kier alpha value is -2.90. The molecule has 0 atom stereocenters. The van der Waals surface area contributed by atoms with Crippen LogP contribution in [0.15, 0.2) is 36.9 Å². The molecule has 3 aromatic rings. The lowest BCUT2D eigenvalue weighted by Gasteiger charge is -2.40. The van der Waals surface area contributed by atoms with Crippen LogP contribution < -0.4 is 14.7 Å². The third kappa shape index (κ3) is 3.23. The molecule has 2 fully saturated rings. The van der Waals surface area contributed by atoms with E-state index >= 15 is 0 Å². The zero-order chi connectivity index (χ0) is 19.1. The van der Waals surface area contributed by atoms with Gasteiger partial charge in [-0.3, -0.25) is 0 Å². The number of nitrogens with zero attached hydrogens (tertiary/aromatic N) is 8. The molecule has 8 nitrogen and oxygen atoms in total. The zero-order valence-corrected chi connectivity index (χ0v) is 16.4. The molecule has 0 aromatic carbocycles. The van der Waals surface area contributed by atoms with Gasteiger partial charge in [0.2, 0.25) is 0 Å². The molecule has 1 aliphatic carbocycles. The van der Waals surface area contributed by atoms with Crippen molar-refractivity contribution in [3.63, 3.8) is 0 Å². The van der Waals surface area contributed by atoms with Crippen LogP contribution in [0.3, 0.4) is 0 Å². The maximum Gasteiger partial charge on any atom is 0.153 e. The molecule has 0 amide bonds. The number of anilines is 3. The van der Waals surface area contributed by atoms with Crippen molar-refractivity contribution in [2.45, 2.75) is 37.8 Å². The van der Waals surface area contributed by atoms with Gasteiger partial charge in [0.05, 0.1) is 0 Å². The van der Waals surface area contributed by atoms with Gasteiger partial charge in [-0.15, -0.1) is 5.10 Å². The third-order valence-electron chi connectivity index (χ3n) is 5.72. The van der Waals surface area contributed by atoms with Gasteiger partial charge in [-0.25, -0.2) is 19.5 Å². The first-order chi connectivity index (χ1) is 13.7. The molecule has 0 unspecified atom stereocenters. The first-order valence-corrected chi connectivity index (χ1v) is 10.0. The van der Waals surface area contributed by atoms with E-state index in [1.807, 2.05) is 35.8 Å². The smallest absolute Gasteiger partial charge is 0.153 e. The largest absolute Gasteiger partial charge is 0.363 e. The predicted molar refractivity (Wildman–Crippen MR) is 110 cm³/mol. The second kappa shape index (κ2) is 6.92. The number of imidazole rings is 1. The second-order valence-electron chi connectivity index (χ2n) is 7.91. The lowest BCUT2D eigenvalue weighted by atomic mass is 10.0. The van der Waals surface area contributed by atoms with Crippen LogP contribution in [0.5, 0.6) is 0 Å². The minimum atomic E-state index is 0.519. The van der Waals surface area contributed by atoms with Gasteiger partial charge < -0.3 is 14.7 Å². The van der Waals surface area contributed by atoms with E-state index in [0.717, 1.165) is 49.0 Å². The molecule has 0 spiro atoms. The van der Waals surface area contributed by atoms with E-state index in [9.17, 15) is 0 Å². The summed E-state index contributed by atoms with van der Waals surface area (Å²) in [7, 11) is 4.05. The summed E-state index contributed by atoms with van der Waals surface area (Å²) in [6, 6.07) is 7.38. The van der Waals surface area contributed by atoms with E-state index in [4.69, 9.17) is 5.10 Å². The first kappa shape index (κ1) is 17.2. The molecule has 2 aliphatic rings. The molecule has 0 radical (unpaired) electrons. The Labute approximate surface area is 164 Å². The lowest BCUT2D eigenvalue weighted by Crippen LogP contribution is -2.46. The van der Waals surface area contributed by atoms with Gasteiger partial charge in [-0.05, 0) is 37.8 Å². The molecule has 4 heterocycles. The lowest BCUT2D eigenvalue weighted by molar-refractivity contribution is 0.456. The van der Waals surface area contributed by atoms with Crippen molar-refractivity contribution < 1.29 is 0 Å². The fraction of sp³-hybridized carbons (Fsp3) is 0.500. The molecule has 1 saturated heterocycles. The number of aromatic nitrogens is 5. The molecule has 0 bridgehead atoms. The quantitative estimate of drug-likeness (QED) is 0.674. The molecule has 0 N–H and O–H groups in total. The van der Waals surface area contributed by atoms with Gasteiger partial charge in [0, 0.05) is 57.7 Å². The van der Waals surface area contributed by atoms with E-state index in [2.05, 4.69) is 36.9 Å². The molecule has 1 aliphatic heterocycles. The summed E-state index contributed by atoms with van der Waals surface area (Å²) in [4.78, 5) is 20.3. The van der Waals surface area contributed by atoms with Crippen LogP contribution in [0.1, 0.15) is 25.7 Å². The molecule has 146 valence electrons. The Balaban J connectivity index is 1.32. The van der Waals surface area contributed by atoms with Crippen molar-refractivity contribution in [3.05, 3.63) is 36.9 Å². The van der Waals surface area contributed by atoms with Crippen LogP contribution >= 0.6 is 0 Å². The monoisotopic (exact) mass is 378 g/mol. The van der Waals surface area contributed by atoms with Crippen LogP contribution in [0.4, 0.5) is 17.5 Å². The Morgan fingerprint density at radius 2 is 1.68 bits per heavy atom. The Kier molecular flexibility index (Phi) is 4.26. The fourth-order valence-corrected chi connectivity index (χ4v) is 4.09. The highest BCUT2D eigenvalue weighted by Crippen LogP contribution is 2.36. The van der Waals surface area contributed by atoms with Crippen LogP contribution in [-0.4, -0.2) is 63.8 Å². The third-order valence-corrected chi connectivity index (χ3v) is 5.72. The molecule has 3 aromatic heterocycles. The molecular weight excluding hydrogens is 352 g/mol. The van der Waals surface area contributed by atoms with E-state index in [1.165, 1.54) is 12.8 Å². The van der Waals surface area contributed by atoms with E-state index in [0.29, 0.717) is 12.1 Å². The Morgan fingerprint density at radius 3 is 2.43 bits per heavy atom. The predicted octanol–water partition coefficient (Wildman–Crippen LogP) is 2.22. The summed E-state index contributed by atoms with van der Waals surface area (Å²) in [5.41, 5.74) is 0.888. The zero-order valence-electron chi connectivity index (χ0n) is 16.4. The van der Waals surface area contributed by atoms with Crippen molar-refractivity contribution in [3.8, 4) is 0 Å². The minimum Gasteiger partial charge on any atom is -0.363 e. The molecule has 5 rings (SSSR count). The van der Waals surface area contributed by atoms with E-state index in [1.54, 1.807) is 12.5 Å². The normalized spacial score (nSPS) is 17.9. The highest BCUT2D eigenvalue weighted by atomic mass is 15.3. The molecular formula is C20H26N8. The van der Waals surface area contributed by atoms with E-state index < -0.39 is 0 Å². The van der Waals surface area contributed by atoms with Gasteiger partial charge in [0.25, 0.3) is 0 Å². The van der Waals surface area contributed by atoms with Crippen molar-refractivity contribution in [2.24, 2.45) is 0 Å². The molecule has 8 heteroatoms. The number of hydrogen-bond donors (Lipinski definition) is 0. The van der Waals surface area contributed by atoms with Crippen molar-refractivity contribution in [1.29, 1.82) is 0 Å². The summed E-state index contributed by atoms with van der Waals surface area (Å²) < 4.78 is 1.85.